The molecule has 6 heteroatoms. The highest BCUT2D eigenvalue weighted by molar-refractivity contribution is 5.29. The van der Waals surface area contributed by atoms with Crippen LogP contribution < -0.4 is 10.5 Å². The summed E-state index contributed by atoms with van der Waals surface area (Å²) in [5.41, 5.74) is 7.99. The summed E-state index contributed by atoms with van der Waals surface area (Å²) in [5, 5.41) is 3.89. The lowest BCUT2D eigenvalue weighted by atomic mass is 10.3. The van der Waals surface area contributed by atoms with E-state index < -0.39 is 0 Å². The highest BCUT2D eigenvalue weighted by Crippen LogP contribution is 2.18. The third-order valence-corrected chi connectivity index (χ3v) is 2.53. The lowest BCUT2D eigenvalue weighted by molar-refractivity contribution is 0.155. The van der Waals surface area contributed by atoms with Gasteiger partial charge in [0, 0.05) is 25.4 Å². The molecule has 0 aliphatic rings. The van der Waals surface area contributed by atoms with E-state index >= 15 is 0 Å². The zero-order valence-electron chi connectivity index (χ0n) is 11.0. The number of pyridine rings is 1. The fourth-order valence-corrected chi connectivity index (χ4v) is 1.66. The van der Waals surface area contributed by atoms with Gasteiger partial charge in [0.2, 0.25) is 0 Å². The summed E-state index contributed by atoms with van der Waals surface area (Å²) < 4.78 is 15.7. The van der Waals surface area contributed by atoms with Gasteiger partial charge in [0.15, 0.2) is 5.76 Å². The van der Waals surface area contributed by atoms with Gasteiger partial charge in [-0.3, -0.25) is 4.98 Å². The summed E-state index contributed by atoms with van der Waals surface area (Å²) in [6.45, 7) is 2.96. The van der Waals surface area contributed by atoms with Crippen molar-refractivity contribution in [3.63, 3.8) is 0 Å². The normalized spacial score (nSPS) is 10.7. The minimum atomic E-state index is 0.310. The van der Waals surface area contributed by atoms with E-state index in [0.717, 1.165) is 11.4 Å². The Bertz CT molecular complexity index is 540. The van der Waals surface area contributed by atoms with Crippen LogP contribution in [0.25, 0.3) is 0 Å². The minimum Gasteiger partial charge on any atom is -0.485 e. The van der Waals surface area contributed by atoms with Crippen molar-refractivity contribution in [2.24, 2.45) is 5.73 Å². The van der Waals surface area contributed by atoms with Crippen molar-refractivity contribution in [2.45, 2.75) is 26.7 Å². The molecule has 0 bridgehead atoms. The summed E-state index contributed by atoms with van der Waals surface area (Å²) >= 11 is 0. The van der Waals surface area contributed by atoms with E-state index in [1.165, 1.54) is 0 Å². The van der Waals surface area contributed by atoms with Gasteiger partial charge in [-0.25, -0.2) is 0 Å². The van der Waals surface area contributed by atoms with Crippen molar-refractivity contribution in [3.8, 4) is 5.75 Å². The zero-order valence-corrected chi connectivity index (χ0v) is 11.0. The first-order chi connectivity index (χ1) is 9.22. The summed E-state index contributed by atoms with van der Waals surface area (Å²) in [6.07, 6.45) is 0. The lowest BCUT2D eigenvalue weighted by Gasteiger charge is -2.08. The van der Waals surface area contributed by atoms with E-state index in [1.54, 1.807) is 13.2 Å². The molecule has 6 nitrogen and oxygen atoms in total. The Labute approximate surface area is 111 Å². The molecule has 0 aliphatic carbocycles. The molecule has 0 aliphatic heterocycles. The van der Waals surface area contributed by atoms with Gasteiger partial charge in [-0.2, -0.15) is 0 Å². The Kier molecular flexibility index (Phi) is 4.48. The molecule has 0 unspecified atom stereocenters. The summed E-state index contributed by atoms with van der Waals surface area (Å²) in [5.74, 6) is 1.34. The van der Waals surface area contributed by atoms with E-state index in [2.05, 4.69) is 10.1 Å². The quantitative estimate of drug-likeness (QED) is 0.851. The third-order valence-electron chi connectivity index (χ3n) is 2.53. The first-order valence-electron chi connectivity index (χ1n) is 5.95. The maximum atomic E-state index is 5.65. The Morgan fingerprint density at radius 2 is 2.16 bits per heavy atom. The van der Waals surface area contributed by atoms with Crippen LogP contribution in [0, 0.1) is 6.92 Å². The van der Waals surface area contributed by atoms with E-state index in [-0.39, 0.29) is 0 Å². The van der Waals surface area contributed by atoms with Crippen molar-refractivity contribution in [3.05, 3.63) is 41.0 Å². The average Bonchev–Trinajstić information content (AvgIpc) is 2.85. The van der Waals surface area contributed by atoms with Gasteiger partial charge in [0.05, 0.1) is 5.69 Å². The van der Waals surface area contributed by atoms with Crippen molar-refractivity contribution in [2.75, 3.05) is 7.11 Å². The van der Waals surface area contributed by atoms with Crippen molar-refractivity contribution in [1.29, 1.82) is 0 Å². The number of hydrogen-bond donors (Lipinski definition) is 1. The Balaban J connectivity index is 2.01. The third kappa shape index (κ3) is 3.52. The van der Waals surface area contributed by atoms with Gasteiger partial charge in [-0.05, 0) is 19.1 Å². The number of nitrogens with zero attached hydrogens (tertiary/aromatic N) is 2. The van der Waals surface area contributed by atoms with Crippen LogP contribution in [-0.2, 0) is 24.5 Å². The van der Waals surface area contributed by atoms with Crippen LogP contribution in [0.15, 0.2) is 22.7 Å². The van der Waals surface area contributed by atoms with Crippen LogP contribution in [0.2, 0.25) is 0 Å². The topological polar surface area (TPSA) is 83.4 Å². The van der Waals surface area contributed by atoms with Gasteiger partial charge in [0.25, 0.3) is 0 Å². The summed E-state index contributed by atoms with van der Waals surface area (Å²) in [7, 11) is 1.60. The van der Waals surface area contributed by atoms with Crippen LogP contribution in [0.3, 0.4) is 0 Å². The second-order valence-electron chi connectivity index (χ2n) is 4.11. The number of methoxy groups -OCH3 is 1. The number of ether oxygens (including phenoxy) is 2. The van der Waals surface area contributed by atoms with Crippen LogP contribution in [-0.4, -0.2) is 17.3 Å². The monoisotopic (exact) mass is 263 g/mol. The molecule has 2 aromatic rings. The van der Waals surface area contributed by atoms with E-state index in [4.69, 9.17) is 19.7 Å². The first-order valence-corrected chi connectivity index (χ1v) is 5.95. The van der Waals surface area contributed by atoms with Crippen LogP contribution in [0.5, 0.6) is 5.75 Å². The number of hydrogen-bond acceptors (Lipinski definition) is 6. The molecule has 2 aromatic heterocycles. The molecule has 0 saturated carbocycles. The van der Waals surface area contributed by atoms with Gasteiger partial charge in [-0.1, -0.05) is 5.16 Å². The lowest BCUT2D eigenvalue weighted by Crippen LogP contribution is -2.06. The molecule has 0 aromatic carbocycles. The molecule has 2 heterocycles. The molecule has 0 saturated heterocycles. The van der Waals surface area contributed by atoms with Gasteiger partial charge < -0.3 is 19.7 Å². The summed E-state index contributed by atoms with van der Waals surface area (Å²) in [4.78, 5) is 4.32. The SMILES string of the molecule is COCc1cc(COc2ccc(C)nc2CN)no1. The van der Waals surface area contributed by atoms with Gasteiger partial charge in [0.1, 0.15) is 24.7 Å². The van der Waals surface area contributed by atoms with Crippen molar-refractivity contribution in [1.82, 2.24) is 10.1 Å². The van der Waals surface area contributed by atoms with Crippen LogP contribution in [0.1, 0.15) is 22.8 Å². The number of aromatic nitrogens is 2. The van der Waals surface area contributed by atoms with E-state index in [0.29, 0.717) is 37.0 Å². The molecule has 0 spiro atoms. The molecule has 0 fully saturated rings. The fraction of sp³-hybridized carbons (Fsp3) is 0.385. The standard InChI is InChI=1S/C13H17N3O3/c1-9-3-4-13(12(6-14)15-9)18-7-10-5-11(8-17-2)19-16-10/h3-5H,6-8,14H2,1-2H3. The molecule has 2 rings (SSSR count). The van der Waals surface area contributed by atoms with Crippen LogP contribution >= 0.6 is 0 Å². The predicted octanol–water partition coefficient (Wildman–Crippen LogP) is 1.56. The molecule has 0 atom stereocenters. The predicted molar refractivity (Wildman–Crippen MR) is 68.4 cm³/mol. The first kappa shape index (κ1) is 13.5. The van der Waals surface area contributed by atoms with E-state index in [1.807, 2.05) is 19.1 Å². The van der Waals surface area contributed by atoms with E-state index in [9.17, 15) is 0 Å². The molecule has 19 heavy (non-hydrogen) atoms. The highest BCUT2D eigenvalue weighted by Gasteiger charge is 2.08. The van der Waals surface area contributed by atoms with Gasteiger partial charge in [-0.15, -0.1) is 0 Å². The Hall–Kier alpha value is -1.92. The maximum Gasteiger partial charge on any atom is 0.162 e. The molecule has 0 amide bonds. The fourth-order valence-electron chi connectivity index (χ4n) is 1.66. The minimum absolute atomic E-state index is 0.310. The largest absolute Gasteiger partial charge is 0.485 e. The van der Waals surface area contributed by atoms with Crippen molar-refractivity contribution < 1.29 is 14.0 Å². The smallest absolute Gasteiger partial charge is 0.162 e. The molecule has 2 N–H and O–H groups in total. The van der Waals surface area contributed by atoms with Crippen molar-refractivity contribution >= 4 is 0 Å². The molecular weight excluding hydrogens is 246 g/mol. The highest BCUT2D eigenvalue weighted by atomic mass is 16.5. The average molecular weight is 263 g/mol. The molecule has 102 valence electrons. The Morgan fingerprint density at radius 3 is 2.89 bits per heavy atom. The number of rotatable bonds is 6. The van der Waals surface area contributed by atoms with Crippen LogP contribution in [0.4, 0.5) is 0 Å². The maximum absolute atomic E-state index is 5.65. The van der Waals surface area contributed by atoms with Gasteiger partial charge >= 0.3 is 0 Å². The molecular formula is C13H17N3O3. The summed E-state index contributed by atoms with van der Waals surface area (Å²) in [6, 6.07) is 5.54. The second-order valence-corrected chi connectivity index (χ2v) is 4.11. The zero-order chi connectivity index (χ0) is 13.7. The number of aryl methyl sites for hydroxylation is 1. The second kappa shape index (κ2) is 6.31. The Morgan fingerprint density at radius 1 is 1.32 bits per heavy atom. The molecule has 0 radical (unpaired) electrons. The number of nitrogens with two attached hydrogens (primary N) is 1.